The Morgan fingerprint density at radius 1 is 1.17 bits per heavy atom. The monoisotopic (exact) mass is 248 g/mol. The topological polar surface area (TPSA) is 47.3 Å². The van der Waals surface area contributed by atoms with Gasteiger partial charge in [0.15, 0.2) is 0 Å². The third kappa shape index (κ3) is 2.02. The molecule has 1 aromatic carbocycles. The summed E-state index contributed by atoms with van der Waals surface area (Å²) in [5.41, 5.74) is 8.42. The fourth-order valence-electron chi connectivity index (χ4n) is 2.91. The molecule has 1 aliphatic carbocycles. The van der Waals surface area contributed by atoms with Gasteiger partial charge >= 0.3 is 0 Å². The molecule has 0 amide bonds. The molecule has 0 spiro atoms. The van der Waals surface area contributed by atoms with Crippen molar-refractivity contribution in [2.45, 2.75) is 27.7 Å². The van der Waals surface area contributed by atoms with Gasteiger partial charge in [0.25, 0.3) is 0 Å². The zero-order chi connectivity index (χ0) is 13.6. The molecule has 3 nitrogen and oxygen atoms in total. The van der Waals surface area contributed by atoms with E-state index in [2.05, 4.69) is 33.0 Å². The molecule has 18 heavy (non-hydrogen) atoms. The zero-order valence-electron chi connectivity index (χ0n) is 12.0. The molecule has 1 fully saturated rings. The highest BCUT2D eigenvalue weighted by molar-refractivity contribution is 5.59. The lowest BCUT2D eigenvalue weighted by atomic mass is 10.0. The molecule has 100 valence electrons. The third-order valence-corrected chi connectivity index (χ3v) is 4.99. The summed E-state index contributed by atoms with van der Waals surface area (Å²) in [6, 6.07) is 5.76. The molecule has 3 heteroatoms. The van der Waals surface area contributed by atoms with E-state index in [4.69, 9.17) is 10.5 Å². The van der Waals surface area contributed by atoms with E-state index in [9.17, 15) is 0 Å². The summed E-state index contributed by atoms with van der Waals surface area (Å²) in [6.07, 6.45) is 0. The van der Waals surface area contributed by atoms with E-state index in [0.717, 1.165) is 23.7 Å². The maximum absolute atomic E-state index is 5.84. The molecule has 0 aromatic heterocycles. The van der Waals surface area contributed by atoms with Gasteiger partial charge in [-0.2, -0.15) is 0 Å². The van der Waals surface area contributed by atoms with Crippen LogP contribution in [-0.2, 0) is 0 Å². The van der Waals surface area contributed by atoms with Crippen molar-refractivity contribution in [3.63, 3.8) is 0 Å². The first-order valence-electron chi connectivity index (χ1n) is 6.47. The van der Waals surface area contributed by atoms with Crippen molar-refractivity contribution in [3.05, 3.63) is 18.2 Å². The molecule has 1 aliphatic rings. The summed E-state index contributed by atoms with van der Waals surface area (Å²) in [7, 11) is 1.66. The Bertz CT molecular complexity index is 438. The Hall–Kier alpha value is -1.38. The SMILES string of the molecule is COc1cc(N)cc(NCC2C(C)(C)C2(C)C)c1. The molecule has 0 heterocycles. The fourth-order valence-corrected chi connectivity index (χ4v) is 2.91. The maximum Gasteiger partial charge on any atom is 0.122 e. The minimum atomic E-state index is 0.407. The molecular weight excluding hydrogens is 224 g/mol. The summed E-state index contributed by atoms with van der Waals surface area (Å²) in [6.45, 7) is 10.3. The quantitative estimate of drug-likeness (QED) is 0.803. The number of ether oxygens (including phenoxy) is 1. The molecule has 3 N–H and O–H groups in total. The van der Waals surface area contributed by atoms with E-state index in [1.165, 1.54) is 0 Å². The van der Waals surface area contributed by atoms with Crippen LogP contribution in [0.1, 0.15) is 27.7 Å². The first-order chi connectivity index (χ1) is 8.29. The van der Waals surface area contributed by atoms with E-state index >= 15 is 0 Å². The molecule has 2 rings (SSSR count). The van der Waals surface area contributed by atoms with Gasteiger partial charge in [-0.3, -0.25) is 0 Å². The lowest BCUT2D eigenvalue weighted by Gasteiger charge is -2.10. The molecule has 0 aliphatic heterocycles. The number of methoxy groups -OCH3 is 1. The van der Waals surface area contributed by atoms with Crippen LogP contribution in [0.25, 0.3) is 0 Å². The molecule has 1 aromatic rings. The Labute approximate surface area is 110 Å². The smallest absolute Gasteiger partial charge is 0.122 e. The van der Waals surface area contributed by atoms with Gasteiger partial charge in [-0.05, 0) is 22.8 Å². The van der Waals surface area contributed by atoms with Gasteiger partial charge in [0.1, 0.15) is 5.75 Å². The predicted octanol–water partition coefficient (Wildman–Crippen LogP) is 3.37. The highest BCUT2D eigenvalue weighted by Gasteiger charge is 2.63. The maximum atomic E-state index is 5.84. The van der Waals surface area contributed by atoms with Crippen LogP contribution in [0.2, 0.25) is 0 Å². The van der Waals surface area contributed by atoms with Crippen LogP contribution in [0.4, 0.5) is 11.4 Å². The van der Waals surface area contributed by atoms with Crippen molar-refractivity contribution in [1.82, 2.24) is 0 Å². The first-order valence-corrected chi connectivity index (χ1v) is 6.47. The summed E-state index contributed by atoms with van der Waals surface area (Å²) >= 11 is 0. The van der Waals surface area contributed by atoms with Crippen molar-refractivity contribution in [1.29, 1.82) is 0 Å². The summed E-state index contributed by atoms with van der Waals surface area (Å²) in [5, 5.41) is 3.47. The Balaban J connectivity index is 2.02. The fraction of sp³-hybridized carbons (Fsp3) is 0.600. The summed E-state index contributed by atoms with van der Waals surface area (Å²) in [4.78, 5) is 0. The average Bonchev–Trinajstić information content (AvgIpc) is 2.66. The van der Waals surface area contributed by atoms with Crippen molar-refractivity contribution in [2.24, 2.45) is 16.7 Å². The van der Waals surface area contributed by atoms with Crippen molar-refractivity contribution in [3.8, 4) is 5.75 Å². The van der Waals surface area contributed by atoms with Crippen molar-refractivity contribution < 1.29 is 4.74 Å². The lowest BCUT2D eigenvalue weighted by molar-refractivity contribution is 0.415. The normalized spacial score (nSPS) is 20.5. The van der Waals surface area contributed by atoms with Crippen LogP contribution >= 0.6 is 0 Å². The number of hydrogen-bond donors (Lipinski definition) is 2. The molecule has 0 unspecified atom stereocenters. The molecule has 0 bridgehead atoms. The number of nitrogens with one attached hydrogen (secondary N) is 1. The predicted molar refractivity (Wildman–Crippen MR) is 76.9 cm³/mol. The standard InChI is InChI=1S/C15H24N2O/c1-14(2)13(15(14,3)4)9-17-11-6-10(16)7-12(8-11)18-5/h6-8,13,17H,9,16H2,1-5H3. The Morgan fingerprint density at radius 3 is 2.28 bits per heavy atom. The second-order valence-electron chi connectivity index (χ2n) is 6.37. The van der Waals surface area contributed by atoms with Crippen LogP contribution < -0.4 is 15.8 Å². The zero-order valence-corrected chi connectivity index (χ0v) is 12.0. The lowest BCUT2D eigenvalue weighted by Crippen LogP contribution is -2.08. The van der Waals surface area contributed by atoms with Gasteiger partial charge in [-0.25, -0.2) is 0 Å². The van der Waals surface area contributed by atoms with Crippen LogP contribution in [0.15, 0.2) is 18.2 Å². The highest BCUT2D eigenvalue weighted by Crippen LogP contribution is 2.68. The van der Waals surface area contributed by atoms with Crippen LogP contribution in [0.5, 0.6) is 5.75 Å². The van der Waals surface area contributed by atoms with Gasteiger partial charge in [0.2, 0.25) is 0 Å². The number of anilines is 2. The molecule has 0 radical (unpaired) electrons. The molecular formula is C15H24N2O. The minimum absolute atomic E-state index is 0.407. The average molecular weight is 248 g/mol. The van der Waals surface area contributed by atoms with Gasteiger partial charge in [-0.15, -0.1) is 0 Å². The number of nitrogens with two attached hydrogens (primary N) is 1. The van der Waals surface area contributed by atoms with Crippen molar-refractivity contribution >= 4 is 11.4 Å². The number of nitrogen functional groups attached to an aromatic ring is 1. The van der Waals surface area contributed by atoms with Crippen LogP contribution in [0.3, 0.4) is 0 Å². The van der Waals surface area contributed by atoms with Gasteiger partial charge < -0.3 is 15.8 Å². The number of hydrogen-bond acceptors (Lipinski definition) is 3. The van der Waals surface area contributed by atoms with Gasteiger partial charge in [0, 0.05) is 30.1 Å². The second kappa shape index (κ2) is 4.08. The highest BCUT2D eigenvalue weighted by atomic mass is 16.5. The number of rotatable bonds is 4. The van der Waals surface area contributed by atoms with Crippen LogP contribution in [0, 0.1) is 16.7 Å². The van der Waals surface area contributed by atoms with E-state index in [1.54, 1.807) is 7.11 Å². The van der Waals surface area contributed by atoms with E-state index < -0.39 is 0 Å². The minimum Gasteiger partial charge on any atom is -0.497 e. The largest absolute Gasteiger partial charge is 0.497 e. The second-order valence-corrected chi connectivity index (χ2v) is 6.37. The first kappa shape index (κ1) is 13.1. The third-order valence-electron chi connectivity index (χ3n) is 4.99. The molecule has 1 saturated carbocycles. The van der Waals surface area contributed by atoms with Gasteiger partial charge in [-0.1, -0.05) is 27.7 Å². The summed E-state index contributed by atoms with van der Waals surface area (Å²) in [5.74, 6) is 1.49. The van der Waals surface area contributed by atoms with Crippen molar-refractivity contribution in [2.75, 3.05) is 24.7 Å². The Kier molecular flexibility index (Phi) is 2.96. The number of benzene rings is 1. The summed E-state index contributed by atoms with van der Waals surface area (Å²) < 4.78 is 5.22. The van der Waals surface area contributed by atoms with E-state index in [-0.39, 0.29) is 0 Å². The van der Waals surface area contributed by atoms with Crippen LogP contribution in [-0.4, -0.2) is 13.7 Å². The molecule has 0 saturated heterocycles. The Morgan fingerprint density at radius 2 is 1.78 bits per heavy atom. The molecule has 0 atom stereocenters. The van der Waals surface area contributed by atoms with E-state index in [0.29, 0.717) is 16.7 Å². The van der Waals surface area contributed by atoms with E-state index in [1.807, 2.05) is 18.2 Å². The van der Waals surface area contributed by atoms with Gasteiger partial charge in [0.05, 0.1) is 7.11 Å².